The van der Waals surface area contributed by atoms with Gasteiger partial charge in [0.25, 0.3) is 0 Å². The van der Waals surface area contributed by atoms with Gasteiger partial charge >= 0.3 is 6.61 Å². The van der Waals surface area contributed by atoms with Crippen LogP contribution in [0.5, 0.6) is 11.5 Å². The Morgan fingerprint density at radius 3 is 2.37 bits per heavy atom. The van der Waals surface area contributed by atoms with E-state index in [0.29, 0.717) is 11.4 Å². The van der Waals surface area contributed by atoms with Gasteiger partial charge < -0.3 is 14.4 Å². The van der Waals surface area contributed by atoms with Crippen molar-refractivity contribution in [3.8, 4) is 11.5 Å². The van der Waals surface area contributed by atoms with Crippen LogP contribution in [0.4, 0.5) is 14.5 Å². The van der Waals surface area contributed by atoms with Crippen LogP contribution in [0.2, 0.25) is 0 Å². The Morgan fingerprint density at radius 1 is 1.03 bits per heavy atom. The minimum Gasteiger partial charge on any atom is -0.495 e. The number of benzene rings is 2. The maximum absolute atomic E-state index is 13.1. The summed E-state index contributed by atoms with van der Waals surface area (Å²) in [5, 5.41) is 0. The van der Waals surface area contributed by atoms with Gasteiger partial charge in [0, 0.05) is 26.2 Å². The molecule has 9 heteroatoms. The smallest absolute Gasteiger partial charge is 0.387 e. The minimum atomic E-state index is -3.92. The molecule has 2 aromatic carbocycles. The van der Waals surface area contributed by atoms with Crippen LogP contribution in [-0.2, 0) is 9.84 Å². The van der Waals surface area contributed by atoms with Gasteiger partial charge in [-0.05, 0) is 49.4 Å². The third-order valence-electron chi connectivity index (χ3n) is 5.05. The quantitative estimate of drug-likeness (QED) is 0.625. The Kier molecular flexibility index (Phi) is 7.14. The van der Waals surface area contributed by atoms with Gasteiger partial charge in [-0.2, -0.15) is 8.78 Å². The second kappa shape index (κ2) is 9.61. The fraction of sp³-hybridized carbons (Fsp3) is 0.429. The number of ether oxygens (including phenoxy) is 2. The molecule has 0 saturated carbocycles. The van der Waals surface area contributed by atoms with Crippen LogP contribution in [-0.4, -0.2) is 59.8 Å². The normalized spacial score (nSPS) is 15.4. The monoisotopic (exact) mass is 440 g/mol. The van der Waals surface area contributed by atoms with Gasteiger partial charge in [0.1, 0.15) is 11.5 Å². The standard InChI is InChI=1S/C21H26F2N2O4S/c1-3-9-24-10-12-25(13-11-24)19-15-18(7-8-20(19)28-2)30(26,27)17-6-4-5-16(14-17)29-21(22)23/h4-8,14-15,21H,3,9-13H2,1-2H3. The molecule has 2 aromatic rings. The van der Waals surface area contributed by atoms with E-state index in [9.17, 15) is 17.2 Å². The maximum Gasteiger partial charge on any atom is 0.387 e. The number of halogens is 2. The van der Waals surface area contributed by atoms with Gasteiger partial charge in [-0.1, -0.05) is 13.0 Å². The number of anilines is 1. The average molecular weight is 441 g/mol. The first-order chi connectivity index (χ1) is 14.3. The minimum absolute atomic E-state index is 0.0727. The second-order valence-electron chi connectivity index (χ2n) is 7.02. The molecule has 1 heterocycles. The van der Waals surface area contributed by atoms with Crippen molar-refractivity contribution in [1.82, 2.24) is 4.90 Å². The molecule has 0 radical (unpaired) electrons. The van der Waals surface area contributed by atoms with Crippen molar-refractivity contribution < 1.29 is 26.7 Å². The van der Waals surface area contributed by atoms with E-state index in [1.54, 1.807) is 19.2 Å². The van der Waals surface area contributed by atoms with Gasteiger partial charge in [0.15, 0.2) is 0 Å². The molecule has 0 aromatic heterocycles. The number of hydrogen-bond acceptors (Lipinski definition) is 6. The summed E-state index contributed by atoms with van der Waals surface area (Å²) in [4.78, 5) is 4.45. The van der Waals surface area contributed by atoms with Gasteiger partial charge in [-0.15, -0.1) is 0 Å². The summed E-state index contributed by atoms with van der Waals surface area (Å²) in [6.07, 6.45) is 1.09. The third-order valence-corrected chi connectivity index (χ3v) is 6.80. The second-order valence-corrected chi connectivity index (χ2v) is 8.97. The Bertz CT molecular complexity index is 961. The van der Waals surface area contributed by atoms with Crippen LogP contribution in [0.25, 0.3) is 0 Å². The molecule has 0 N–H and O–H groups in total. The van der Waals surface area contributed by atoms with E-state index >= 15 is 0 Å². The van der Waals surface area contributed by atoms with Crippen LogP contribution in [0, 0.1) is 0 Å². The molecule has 164 valence electrons. The lowest BCUT2D eigenvalue weighted by Gasteiger charge is -2.36. The Morgan fingerprint density at radius 2 is 1.73 bits per heavy atom. The zero-order valence-electron chi connectivity index (χ0n) is 17.1. The topological polar surface area (TPSA) is 59.1 Å². The van der Waals surface area contributed by atoms with Crippen LogP contribution in [0.15, 0.2) is 52.3 Å². The predicted molar refractivity (Wildman–Crippen MR) is 110 cm³/mol. The Hall–Kier alpha value is -2.39. The highest BCUT2D eigenvalue weighted by Gasteiger charge is 2.24. The molecule has 1 fully saturated rings. The van der Waals surface area contributed by atoms with Crippen LogP contribution in [0.1, 0.15) is 13.3 Å². The maximum atomic E-state index is 13.1. The van der Waals surface area contributed by atoms with Crippen LogP contribution in [0.3, 0.4) is 0 Å². The molecular formula is C21H26F2N2O4S. The molecule has 1 saturated heterocycles. The number of alkyl halides is 2. The van der Waals surface area contributed by atoms with Crippen LogP contribution < -0.4 is 14.4 Å². The van der Waals surface area contributed by atoms with E-state index in [-0.39, 0.29) is 15.5 Å². The van der Waals surface area contributed by atoms with Crippen LogP contribution >= 0.6 is 0 Å². The lowest BCUT2D eigenvalue weighted by atomic mass is 10.2. The van der Waals surface area contributed by atoms with E-state index in [2.05, 4.69) is 21.5 Å². The van der Waals surface area contributed by atoms with Crippen molar-refractivity contribution in [1.29, 1.82) is 0 Å². The van der Waals surface area contributed by atoms with E-state index in [0.717, 1.165) is 45.2 Å². The first-order valence-corrected chi connectivity index (χ1v) is 11.3. The molecule has 0 aliphatic carbocycles. The van der Waals surface area contributed by atoms with Gasteiger partial charge in [-0.25, -0.2) is 8.42 Å². The van der Waals surface area contributed by atoms with Crippen molar-refractivity contribution in [3.63, 3.8) is 0 Å². The van der Waals surface area contributed by atoms with Crippen molar-refractivity contribution in [2.45, 2.75) is 29.7 Å². The number of hydrogen-bond donors (Lipinski definition) is 0. The fourth-order valence-corrected chi connectivity index (χ4v) is 4.88. The number of sulfone groups is 1. The predicted octanol–water partition coefficient (Wildman–Crippen LogP) is 3.66. The zero-order valence-corrected chi connectivity index (χ0v) is 17.9. The molecular weight excluding hydrogens is 414 g/mol. The van der Waals surface area contributed by atoms with E-state index < -0.39 is 16.4 Å². The van der Waals surface area contributed by atoms with E-state index in [1.165, 1.54) is 24.3 Å². The first kappa shape index (κ1) is 22.3. The van der Waals surface area contributed by atoms with Crippen molar-refractivity contribution >= 4 is 15.5 Å². The molecule has 0 bridgehead atoms. The third kappa shape index (κ3) is 5.02. The first-order valence-electron chi connectivity index (χ1n) is 9.80. The highest BCUT2D eigenvalue weighted by molar-refractivity contribution is 7.91. The molecule has 0 atom stereocenters. The fourth-order valence-electron chi connectivity index (χ4n) is 3.57. The summed E-state index contributed by atoms with van der Waals surface area (Å²) in [6.45, 7) is 3.46. The highest BCUT2D eigenvalue weighted by atomic mass is 32.2. The molecule has 0 amide bonds. The number of rotatable bonds is 8. The summed E-state index contributed by atoms with van der Waals surface area (Å²) in [5.74, 6) is 0.388. The van der Waals surface area contributed by atoms with Gasteiger partial charge in [0.05, 0.1) is 22.6 Å². The summed E-state index contributed by atoms with van der Waals surface area (Å²) in [6, 6.07) is 9.81. The summed E-state index contributed by atoms with van der Waals surface area (Å²) in [5.41, 5.74) is 0.703. The largest absolute Gasteiger partial charge is 0.495 e. The lowest BCUT2D eigenvalue weighted by Crippen LogP contribution is -2.46. The van der Waals surface area contributed by atoms with Crippen molar-refractivity contribution in [3.05, 3.63) is 42.5 Å². The van der Waals surface area contributed by atoms with E-state index in [1.807, 2.05) is 0 Å². The number of methoxy groups -OCH3 is 1. The molecule has 1 aliphatic rings. The Labute approximate surface area is 175 Å². The van der Waals surface area contributed by atoms with Gasteiger partial charge in [-0.3, -0.25) is 4.90 Å². The molecule has 0 unspecified atom stereocenters. The van der Waals surface area contributed by atoms with Gasteiger partial charge in [0.2, 0.25) is 9.84 Å². The highest BCUT2D eigenvalue weighted by Crippen LogP contribution is 2.34. The summed E-state index contributed by atoms with van der Waals surface area (Å²) in [7, 11) is -2.37. The molecule has 6 nitrogen and oxygen atoms in total. The summed E-state index contributed by atoms with van der Waals surface area (Å²) < 4.78 is 61.1. The molecule has 1 aliphatic heterocycles. The van der Waals surface area contributed by atoms with E-state index in [4.69, 9.17) is 4.74 Å². The summed E-state index contributed by atoms with van der Waals surface area (Å²) >= 11 is 0. The van der Waals surface area contributed by atoms with Crippen molar-refractivity contribution in [2.75, 3.05) is 44.7 Å². The van der Waals surface area contributed by atoms with Crippen molar-refractivity contribution in [2.24, 2.45) is 0 Å². The average Bonchev–Trinajstić information content (AvgIpc) is 2.74. The lowest BCUT2D eigenvalue weighted by molar-refractivity contribution is -0.0499. The Balaban J connectivity index is 1.90. The number of nitrogens with zero attached hydrogens (tertiary/aromatic N) is 2. The molecule has 0 spiro atoms. The zero-order chi connectivity index (χ0) is 21.7. The molecule has 3 rings (SSSR count). The SMILES string of the molecule is CCCN1CCN(c2cc(S(=O)(=O)c3cccc(OC(F)F)c3)ccc2OC)CC1. The number of piperazine rings is 1. The molecule has 30 heavy (non-hydrogen) atoms.